The third kappa shape index (κ3) is 5.12. The average molecular weight is 479 g/mol. The van der Waals surface area contributed by atoms with Crippen molar-refractivity contribution in [2.45, 2.75) is 44.2 Å². The summed E-state index contributed by atoms with van der Waals surface area (Å²) < 4.78 is 11.7. The van der Waals surface area contributed by atoms with Crippen LogP contribution < -0.4 is 14.8 Å². The van der Waals surface area contributed by atoms with E-state index in [2.05, 4.69) is 27.3 Å². The van der Waals surface area contributed by atoms with Crippen LogP contribution in [0.4, 0.5) is 0 Å². The summed E-state index contributed by atoms with van der Waals surface area (Å²) >= 11 is 0. The highest BCUT2D eigenvalue weighted by Crippen LogP contribution is 2.46. The van der Waals surface area contributed by atoms with E-state index in [4.69, 9.17) is 9.47 Å². The number of nitrogens with zero attached hydrogens (tertiary/aromatic N) is 3. The molecule has 4 heterocycles. The van der Waals surface area contributed by atoms with Gasteiger partial charge >= 0.3 is 0 Å². The van der Waals surface area contributed by atoms with Gasteiger partial charge in [0.25, 0.3) is 5.91 Å². The maximum atomic E-state index is 13.1. The molecule has 186 valence electrons. The fraction of sp³-hybridized carbons (Fsp3) is 0.519. The van der Waals surface area contributed by atoms with Crippen LogP contribution in [0.15, 0.2) is 42.6 Å². The zero-order valence-electron chi connectivity index (χ0n) is 20.3. The highest BCUT2D eigenvalue weighted by Gasteiger charge is 2.44. The van der Waals surface area contributed by atoms with Crippen LogP contribution in [0.1, 0.15) is 54.2 Å². The molecular formula is C27H34N4O4. The molecular weight excluding hydrogens is 444 g/mol. The number of fused-ring (bicyclic) bond motifs is 8. The first-order chi connectivity index (χ1) is 17.1. The molecule has 2 aromatic rings. The molecule has 4 bridgehead atoms. The van der Waals surface area contributed by atoms with Gasteiger partial charge in [0.05, 0.1) is 20.3 Å². The first-order valence-corrected chi connectivity index (χ1v) is 12.7. The van der Waals surface area contributed by atoms with Crippen molar-refractivity contribution in [3.63, 3.8) is 0 Å². The van der Waals surface area contributed by atoms with Gasteiger partial charge in [0.1, 0.15) is 5.69 Å². The zero-order chi connectivity index (χ0) is 24.2. The molecule has 1 aromatic heterocycles. The number of ether oxygens (including phenoxy) is 2. The summed E-state index contributed by atoms with van der Waals surface area (Å²) in [4.78, 5) is 34.4. The van der Waals surface area contributed by atoms with Crippen molar-refractivity contribution in [3.8, 4) is 11.5 Å². The Balaban J connectivity index is 1.38. The Bertz CT molecular complexity index is 1050. The SMILES string of the molecule is COc1ccc2cc1OCCCCN(C(=O)c1ccccn1)CC(=O)NC[C@H]1C[C@H]2N2CCC[C@@H]12. The number of amides is 2. The molecule has 3 aliphatic heterocycles. The predicted octanol–water partition coefficient (Wildman–Crippen LogP) is 3.05. The van der Waals surface area contributed by atoms with Crippen LogP contribution in [-0.4, -0.2) is 72.5 Å². The van der Waals surface area contributed by atoms with E-state index in [1.54, 1.807) is 36.4 Å². The first-order valence-electron chi connectivity index (χ1n) is 12.7. The summed E-state index contributed by atoms with van der Waals surface area (Å²) in [7, 11) is 1.67. The summed E-state index contributed by atoms with van der Waals surface area (Å²) in [6.45, 7) is 2.71. The Kier molecular flexibility index (Phi) is 7.18. The molecule has 5 rings (SSSR count). The number of rotatable bonds is 2. The van der Waals surface area contributed by atoms with Gasteiger partial charge in [-0.25, -0.2) is 0 Å². The molecule has 0 unspecified atom stereocenters. The summed E-state index contributed by atoms with van der Waals surface area (Å²) in [5, 5.41) is 3.14. The van der Waals surface area contributed by atoms with E-state index >= 15 is 0 Å². The van der Waals surface area contributed by atoms with Crippen LogP contribution in [0.2, 0.25) is 0 Å². The number of nitrogens with one attached hydrogen (secondary N) is 1. The van der Waals surface area contributed by atoms with Gasteiger partial charge in [-0.2, -0.15) is 0 Å². The molecule has 1 aromatic carbocycles. The number of carbonyl (C=O) groups excluding carboxylic acids is 2. The smallest absolute Gasteiger partial charge is 0.272 e. The van der Waals surface area contributed by atoms with Gasteiger partial charge in [0.15, 0.2) is 11.5 Å². The molecule has 35 heavy (non-hydrogen) atoms. The normalized spacial score (nSPS) is 25.5. The quantitative estimate of drug-likeness (QED) is 0.714. The average Bonchev–Trinajstić information content (AvgIpc) is 3.49. The number of carbonyl (C=O) groups is 2. The van der Waals surface area contributed by atoms with E-state index in [0.717, 1.165) is 43.7 Å². The topological polar surface area (TPSA) is 84.0 Å². The number of aromatic nitrogens is 1. The van der Waals surface area contributed by atoms with Crippen molar-refractivity contribution >= 4 is 11.8 Å². The van der Waals surface area contributed by atoms with Crippen LogP contribution in [0.5, 0.6) is 11.5 Å². The van der Waals surface area contributed by atoms with Crippen LogP contribution in [0.3, 0.4) is 0 Å². The minimum absolute atomic E-state index is 0.0354. The Hall–Kier alpha value is -3.13. The molecule has 0 radical (unpaired) electrons. The second kappa shape index (κ2) is 10.6. The van der Waals surface area contributed by atoms with Crippen molar-refractivity contribution in [1.82, 2.24) is 20.1 Å². The lowest BCUT2D eigenvalue weighted by atomic mass is 9.94. The molecule has 0 aliphatic carbocycles. The third-order valence-corrected chi connectivity index (χ3v) is 7.53. The maximum absolute atomic E-state index is 13.1. The molecule has 2 saturated heterocycles. The minimum atomic E-state index is -0.222. The third-order valence-electron chi connectivity index (χ3n) is 7.53. The zero-order valence-corrected chi connectivity index (χ0v) is 20.3. The van der Waals surface area contributed by atoms with Gasteiger partial charge < -0.3 is 19.7 Å². The Labute approximate surface area is 206 Å². The summed E-state index contributed by atoms with van der Waals surface area (Å²) in [5.41, 5.74) is 1.61. The highest BCUT2D eigenvalue weighted by atomic mass is 16.5. The number of methoxy groups -OCH3 is 1. The number of pyridine rings is 1. The number of hydrogen-bond acceptors (Lipinski definition) is 6. The molecule has 3 aliphatic rings. The van der Waals surface area contributed by atoms with E-state index in [-0.39, 0.29) is 18.4 Å². The lowest BCUT2D eigenvalue weighted by Crippen LogP contribution is -2.43. The van der Waals surface area contributed by atoms with Gasteiger partial charge in [0.2, 0.25) is 5.91 Å². The molecule has 0 spiro atoms. The van der Waals surface area contributed by atoms with Crippen molar-refractivity contribution in [2.24, 2.45) is 5.92 Å². The standard InChI is InChI=1S/C27H34N4O4/c1-34-24-10-9-19-16-25(24)35-14-5-4-12-30(27(33)21-7-2-3-11-28-21)18-26(32)29-17-20-15-23(19)31-13-6-8-22(20)31/h2-3,7,9-11,16,20,22-23H,4-6,8,12-15,17-18H2,1H3,(H,29,32)/t20-,22+,23-/m1/s1. The van der Waals surface area contributed by atoms with Gasteiger partial charge in [-0.05, 0) is 74.4 Å². The van der Waals surface area contributed by atoms with Gasteiger partial charge in [-0.15, -0.1) is 0 Å². The Morgan fingerprint density at radius 2 is 2.09 bits per heavy atom. The van der Waals surface area contributed by atoms with E-state index < -0.39 is 0 Å². The lowest BCUT2D eigenvalue weighted by Gasteiger charge is -2.25. The van der Waals surface area contributed by atoms with Crippen LogP contribution in [0.25, 0.3) is 0 Å². The van der Waals surface area contributed by atoms with Crippen LogP contribution in [-0.2, 0) is 4.79 Å². The fourth-order valence-electron chi connectivity index (χ4n) is 5.81. The van der Waals surface area contributed by atoms with Crippen LogP contribution in [0, 0.1) is 5.92 Å². The van der Waals surface area contributed by atoms with Crippen molar-refractivity contribution in [1.29, 1.82) is 0 Å². The van der Waals surface area contributed by atoms with Crippen LogP contribution >= 0.6 is 0 Å². The highest BCUT2D eigenvalue weighted by molar-refractivity contribution is 5.94. The molecule has 2 amide bonds. The van der Waals surface area contributed by atoms with E-state index in [0.29, 0.717) is 43.4 Å². The first kappa shape index (κ1) is 23.6. The second-order valence-corrected chi connectivity index (χ2v) is 9.67. The fourth-order valence-corrected chi connectivity index (χ4v) is 5.81. The Morgan fingerprint density at radius 3 is 2.91 bits per heavy atom. The van der Waals surface area contributed by atoms with Gasteiger partial charge in [-0.3, -0.25) is 19.5 Å². The molecule has 8 heteroatoms. The summed E-state index contributed by atoms with van der Waals surface area (Å²) in [5.74, 6) is 1.55. The predicted molar refractivity (Wildman–Crippen MR) is 131 cm³/mol. The maximum Gasteiger partial charge on any atom is 0.272 e. The molecule has 8 nitrogen and oxygen atoms in total. The van der Waals surface area contributed by atoms with Gasteiger partial charge in [0, 0.05) is 31.4 Å². The number of hydrogen-bond donors (Lipinski definition) is 1. The largest absolute Gasteiger partial charge is 0.493 e. The molecule has 0 saturated carbocycles. The van der Waals surface area contributed by atoms with E-state index in [1.807, 2.05) is 6.07 Å². The second-order valence-electron chi connectivity index (χ2n) is 9.67. The Morgan fingerprint density at radius 1 is 1.17 bits per heavy atom. The molecule has 2 fully saturated rings. The van der Waals surface area contributed by atoms with Gasteiger partial charge in [-0.1, -0.05) is 12.1 Å². The lowest BCUT2D eigenvalue weighted by molar-refractivity contribution is -0.122. The van der Waals surface area contributed by atoms with E-state index in [9.17, 15) is 9.59 Å². The monoisotopic (exact) mass is 478 g/mol. The molecule has 1 N–H and O–H groups in total. The van der Waals surface area contributed by atoms with E-state index in [1.165, 1.54) is 12.0 Å². The molecule has 3 atom stereocenters. The number of benzene rings is 1. The van der Waals surface area contributed by atoms with Crippen molar-refractivity contribution in [2.75, 3.05) is 39.9 Å². The van der Waals surface area contributed by atoms with Crippen molar-refractivity contribution in [3.05, 3.63) is 53.9 Å². The summed E-state index contributed by atoms with van der Waals surface area (Å²) in [6, 6.07) is 12.3. The van der Waals surface area contributed by atoms with Crippen molar-refractivity contribution < 1.29 is 19.1 Å². The minimum Gasteiger partial charge on any atom is -0.493 e. The summed E-state index contributed by atoms with van der Waals surface area (Å²) in [6.07, 6.45) is 6.39.